The number of carboxylic acids is 1. The Balaban J connectivity index is 1.77. The molecule has 0 spiro atoms. The van der Waals surface area contributed by atoms with Gasteiger partial charge in [-0.25, -0.2) is 9.18 Å². The zero-order valence-electron chi connectivity index (χ0n) is 18.6. The monoisotopic (exact) mass is 469 g/mol. The molecule has 7 heteroatoms. The van der Waals surface area contributed by atoms with Gasteiger partial charge in [-0.05, 0) is 56.7 Å². The number of para-hydroxylation sites is 1. The lowest BCUT2D eigenvalue weighted by Crippen LogP contribution is -2.49. The van der Waals surface area contributed by atoms with Gasteiger partial charge in [0.15, 0.2) is 0 Å². The molecule has 0 bridgehead atoms. The van der Waals surface area contributed by atoms with Crippen LogP contribution in [-0.4, -0.2) is 23.0 Å². The molecule has 172 valence electrons. The number of aliphatic carboxylic acids is 1. The van der Waals surface area contributed by atoms with Crippen LogP contribution in [0.3, 0.4) is 0 Å². The summed E-state index contributed by atoms with van der Waals surface area (Å²) in [5, 5.41) is 12.5. The van der Waals surface area contributed by atoms with Crippen molar-refractivity contribution in [1.29, 1.82) is 0 Å². The van der Waals surface area contributed by atoms with E-state index in [4.69, 9.17) is 16.3 Å². The molecule has 2 N–H and O–H groups in total. The minimum Gasteiger partial charge on any atom is -0.480 e. The molecule has 1 unspecified atom stereocenters. The number of halogens is 2. The zero-order valence-corrected chi connectivity index (χ0v) is 19.3. The molecule has 0 aromatic heterocycles. The summed E-state index contributed by atoms with van der Waals surface area (Å²) in [7, 11) is 0. The van der Waals surface area contributed by atoms with E-state index in [0.29, 0.717) is 17.1 Å². The van der Waals surface area contributed by atoms with Gasteiger partial charge in [-0.15, -0.1) is 0 Å². The van der Waals surface area contributed by atoms with Gasteiger partial charge >= 0.3 is 5.97 Å². The summed E-state index contributed by atoms with van der Waals surface area (Å²) in [4.78, 5) is 24.9. The molecule has 3 aromatic rings. The highest BCUT2D eigenvalue weighted by atomic mass is 35.5. The first-order valence-corrected chi connectivity index (χ1v) is 10.8. The second kappa shape index (κ2) is 10.0. The van der Waals surface area contributed by atoms with Crippen molar-refractivity contribution in [3.05, 3.63) is 94.3 Å². The Morgan fingerprint density at radius 2 is 1.73 bits per heavy atom. The number of hydrogen-bond donors (Lipinski definition) is 2. The number of amides is 1. The summed E-state index contributed by atoms with van der Waals surface area (Å²) in [5.74, 6) is -1.18. The third-order valence-electron chi connectivity index (χ3n) is 5.48. The summed E-state index contributed by atoms with van der Waals surface area (Å²) in [6, 6.07) is 18.0. The molecule has 1 amide bonds. The minimum atomic E-state index is -1.31. The molecular weight excluding hydrogens is 445 g/mol. The first-order chi connectivity index (χ1) is 15.6. The molecule has 1 atom stereocenters. The number of nitrogens with one attached hydrogen (secondary N) is 1. The Kier molecular flexibility index (Phi) is 7.39. The van der Waals surface area contributed by atoms with Crippen molar-refractivity contribution >= 4 is 23.5 Å². The van der Waals surface area contributed by atoms with Crippen molar-refractivity contribution in [2.24, 2.45) is 0 Å². The molecule has 0 saturated heterocycles. The molecule has 0 aliphatic heterocycles. The van der Waals surface area contributed by atoms with Gasteiger partial charge in [-0.3, -0.25) is 4.79 Å². The summed E-state index contributed by atoms with van der Waals surface area (Å²) in [6.07, 6.45) is 0.0330. The second-order valence-electron chi connectivity index (χ2n) is 8.29. The van der Waals surface area contributed by atoms with Crippen LogP contribution < -0.4 is 10.1 Å². The van der Waals surface area contributed by atoms with E-state index < -0.39 is 29.2 Å². The van der Waals surface area contributed by atoms with Crippen LogP contribution in [-0.2, 0) is 21.4 Å². The predicted molar refractivity (Wildman–Crippen MR) is 125 cm³/mol. The molecule has 0 aliphatic carbocycles. The number of ether oxygens (including phenoxy) is 1. The third kappa shape index (κ3) is 5.71. The van der Waals surface area contributed by atoms with Crippen molar-refractivity contribution in [3.63, 3.8) is 0 Å². The van der Waals surface area contributed by atoms with E-state index in [0.717, 1.165) is 0 Å². The summed E-state index contributed by atoms with van der Waals surface area (Å²) in [5.41, 5.74) is -0.266. The maximum atomic E-state index is 14.8. The lowest BCUT2D eigenvalue weighted by molar-refractivity contribution is -0.142. The third-order valence-corrected chi connectivity index (χ3v) is 5.89. The van der Waals surface area contributed by atoms with Gasteiger partial charge in [0.1, 0.15) is 23.4 Å². The van der Waals surface area contributed by atoms with Gasteiger partial charge in [-0.1, -0.05) is 48.0 Å². The van der Waals surface area contributed by atoms with Gasteiger partial charge in [0, 0.05) is 22.6 Å². The van der Waals surface area contributed by atoms with E-state index in [9.17, 15) is 19.1 Å². The fourth-order valence-corrected chi connectivity index (χ4v) is 3.55. The van der Waals surface area contributed by atoms with Crippen molar-refractivity contribution in [2.75, 3.05) is 0 Å². The van der Waals surface area contributed by atoms with Gasteiger partial charge in [0.2, 0.25) is 5.91 Å². The summed E-state index contributed by atoms with van der Waals surface area (Å²) >= 11 is 5.97. The fraction of sp³-hybridized carbons (Fsp3) is 0.231. The fourth-order valence-electron chi connectivity index (χ4n) is 3.40. The van der Waals surface area contributed by atoms with Crippen molar-refractivity contribution in [2.45, 2.75) is 38.6 Å². The number of carbonyl (C=O) groups is 2. The number of hydrogen-bond acceptors (Lipinski definition) is 3. The average Bonchev–Trinajstić information content (AvgIpc) is 2.77. The molecule has 5 nitrogen and oxygen atoms in total. The molecule has 3 aromatic carbocycles. The van der Waals surface area contributed by atoms with Crippen LogP contribution in [0.2, 0.25) is 5.02 Å². The van der Waals surface area contributed by atoms with Gasteiger partial charge < -0.3 is 15.2 Å². The van der Waals surface area contributed by atoms with Crippen LogP contribution in [0, 0.1) is 12.7 Å². The quantitative estimate of drug-likeness (QED) is 0.445. The van der Waals surface area contributed by atoms with Gasteiger partial charge in [-0.2, -0.15) is 0 Å². The maximum absolute atomic E-state index is 14.8. The molecule has 0 fully saturated rings. The standard InChI is InChI=1S/C26H25ClFNO4/c1-16-21(27)13-12-20(23(16)28)26(2,3)25(32)29-22(24(30)31)15-17-8-7-11-19(14-17)33-18-9-5-4-6-10-18/h4-14,22H,15H2,1-3H3,(H,29,32)(H,30,31). The first kappa shape index (κ1) is 24.3. The highest BCUT2D eigenvalue weighted by Crippen LogP contribution is 2.31. The number of rotatable bonds is 8. The SMILES string of the molecule is Cc1c(Cl)ccc(C(C)(C)C(=O)NC(Cc2cccc(Oc3ccccc3)c2)C(=O)O)c1F. The largest absolute Gasteiger partial charge is 0.480 e. The van der Waals surface area contributed by atoms with E-state index in [2.05, 4.69) is 5.32 Å². The normalized spacial score (nSPS) is 12.2. The van der Waals surface area contributed by atoms with E-state index in [1.807, 2.05) is 30.3 Å². The zero-order chi connectivity index (χ0) is 24.2. The van der Waals surface area contributed by atoms with E-state index >= 15 is 0 Å². The van der Waals surface area contributed by atoms with E-state index in [1.54, 1.807) is 38.1 Å². The van der Waals surface area contributed by atoms with Crippen LogP contribution in [0.1, 0.15) is 30.5 Å². The molecule has 0 radical (unpaired) electrons. The Morgan fingerprint density at radius 3 is 2.39 bits per heavy atom. The molecular formula is C26H25ClFNO4. The van der Waals surface area contributed by atoms with E-state index in [1.165, 1.54) is 19.1 Å². The van der Waals surface area contributed by atoms with Crippen molar-refractivity contribution in [1.82, 2.24) is 5.32 Å². The van der Waals surface area contributed by atoms with Crippen LogP contribution in [0.5, 0.6) is 11.5 Å². The molecule has 33 heavy (non-hydrogen) atoms. The van der Waals surface area contributed by atoms with Gasteiger partial charge in [0.05, 0.1) is 5.41 Å². The Bertz CT molecular complexity index is 1160. The topological polar surface area (TPSA) is 75.6 Å². The lowest BCUT2D eigenvalue weighted by Gasteiger charge is -2.27. The van der Waals surface area contributed by atoms with Crippen LogP contribution in [0.25, 0.3) is 0 Å². The maximum Gasteiger partial charge on any atom is 0.326 e. The smallest absolute Gasteiger partial charge is 0.326 e. The lowest BCUT2D eigenvalue weighted by atomic mass is 9.82. The van der Waals surface area contributed by atoms with E-state index in [-0.39, 0.29) is 22.6 Å². The Morgan fingerprint density at radius 1 is 1.06 bits per heavy atom. The Hall–Kier alpha value is -3.38. The molecule has 0 saturated carbocycles. The van der Waals surface area contributed by atoms with Crippen LogP contribution in [0.15, 0.2) is 66.7 Å². The Labute approximate surface area is 197 Å². The molecule has 3 rings (SSSR count). The molecule has 0 heterocycles. The summed E-state index contributed by atoms with van der Waals surface area (Å²) < 4.78 is 20.6. The summed E-state index contributed by atoms with van der Waals surface area (Å²) in [6.45, 7) is 4.61. The second-order valence-corrected chi connectivity index (χ2v) is 8.70. The number of benzene rings is 3. The minimum absolute atomic E-state index is 0.0330. The number of carbonyl (C=O) groups excluding carboxylic acids is 1. The van der Waals surface area contributed by atoms with Crippen molar-refractivity contribution in [3.8, 4) is 11.5 Å². The molecule has 0 aliphatic rings. The van der Waals surface area contributed by atoms with Crippen molar-refractivity contribution < 1.29 is 23.8 Å². The highest BCUT2D eigenvalue weighted by molar-refractivity contribution is 6.31. The average molecular weight is 470 g/mol. The van der Waals surface area contributed by atoms with Gasteiger partial charge in [0.25, 0.3) is 0 Å². The van der Waals surface area contributed by atoms with Crippen LogP contribution in [0.4, 0.5) is 4.39 Å². The van der Waals surface area contributed by atoms with Crippen LogP contribution >= 0.6 is 11.6 Å². The first-order valence-electron chi connectivity index (χ1n) is 10.4. The number of carboxylic acid groups (broad SMARTS) is 1. The highest BCUT2D eigenvalue weighted by Gasteiger charge is 2.35. The predicted octanol–water partition coefficient (Wildman–Crippen LogP) is 5.67.